The fraction of sp³-hybridized carbons (Fsp3) is 0.286. The lowest BCUT2D eigenvalue weighted by atomic mass is 9.77. The first-order chi connectivity index (χ1) is 28.0. The zero-order chi connectivity index (χ0) is 38.1. The van der Waals surface area contributed by atoms with Gasteiger partial charge in [0.2, 0.25) is 0 Å². The summed E-state index contributed by atoms with van der Waals surface area (Å²) in [5.41, 5.74) is 17.4. The second kappa shape index (κ2) is 13.9. The number of hydrogen-bond acceptors (Lipinski definition) is 1. The quantitative estimate of drug-likeness (QED) is 0.157. The second-order valence-electron chi connectivity index (χ2n) is 18.3. The van der Waals surface area contributed by atoms with Crippen LogP contribution < -0.4 is 4.90 Å². The first-order valence-corrected chi connectivity index (χ1v) is 21.9. The van der Waals surface area contributed by atoms with Crippen LogP contribution in [0.1, 0.15) is 106 Å². The number of anilines is 3. The first-order valence-electron chi connectivity index (χ1n) is 21.9. The van der Waals surface area contributed by atoms with Crippen molar-refractivity contribution in [3.63, 3.8) is 0 Å². The molecule has 0 heterocycles. The molecular weight excluding hydrogens is 687 g/mol. The van der Waals surface area contributed by atoms with E-state index in [0.29, 0.717) is 11.8 Å². The number of nitrogens with zero attached hydrogens (tertiary/aromatic N) is 1. The number of fused-ring (bicyclic) bond motifs is 6. The Morgan fingerprint density at radius 2 is 1.21 bits per heavy atom. The molecule has 0 spiro atoms. The average Bonchev–Trinajstić information content (AvgIpc) is 3.97. The maximum atomic E-state index is 2.69. The van der Waals surface area contributed by atoms with Gasteiger partial charge in [-0.3, -0.25) is 0 Å². The van der Waals surface area contributed by atoms with Crippen LogP contribution in [0.3, 0.4) is 0 Å². The minimum Gasteiger partial charge on any atom is -0.310 e. The third-order valence-corrected chi connectivity index (χ3v) is 14.7. The highest BCUT2D eigenvalue weighted by molar-refractivity contribution is 6.02. The molecule has 4 aliphatic rings. The van der Waals surface area contributed by atoms with Crippen molar-refractivity contribution in [2.24, 2.45) is 11.8 Å². The molecule has 1 nitrogen and oxygen atoms in total. The molecule has 0 saturated heterocycles. The molecule has 3 saturated carbocycles. The van der Waals surface area contributed by atoms with Gasteiger partial charge in [-0.15, -0.1) is 0 Å². The van der Waals surface area contributed by atoms with Crippen LogP contribution in [-0.4, -0.2) is 0 Å². The zero-order valence-electron chi connectivity index (χ0n) is 33.6. The fourth-order valence-electron chi connectivity index (χ4n) is 12.0. The molecule has 1 heteroatoms. The predicted octanol–water partition coefficient (Wildman–Crippen LogP) is 15.9. The van der Waals surface area contributed by atoms with Crippen LogP contribution in [0.25, 0.3) is 44.2 Å². The third-order valence-electron chi connectivity index (χ3n) is 14.7. The highest BCUT2D eigenvalue weighted by atomic mass is 15.1. The van der Waals surface area contributed by atoms with E-state index < -0.39 is 0 Å². The molecule has 3 unspecified atom stereocenters. The Morgan fingerprint density at radius 3 is 1.95 bits per heavy atom. The SMILES string of the molecule is CC1(C)c2ccccc2-c2ccc(N(c3ccc(C4CC5CCC4C5)cc3)c3cc4ccccc4cc3C3CCCCC3)c(-c3ccccc3-c3ccccc3)c21. The van der Waals surface area contributed by atoms with Gasteiger partial charge in [0, 0.05) is 16.7 Å². The van der Waals surface area contributed by atoms with Gasteiger partial charge in [-0.2, -0.15) is 0 Å². The van der Waals surface area contributed by atoms with Gasteiger partial charge < -0.3 is 4.90 Å². The van der Waals surface area contributed by atoms with Gasteiger partial charge in [0.15, 0.2) is 0 Å². The van der Waals surface area contributed by atoms with Crippen LogP contribution >= 0.6 is 0 Å². The van der Waals surface area contributed by atoms with Gasteiger partial charge in [0.25, 0.3) is 0 Å². The summed E-state index contributed by atoms with van der Waals surface area (Å²) >= 11 is 0. The summed E-state index contributed by atoms with van der Waals surface area (Å²) in [5.74, 6) is 3.02. The summed E-state index contributed by atoms with van der Waals surface area (Å²) in [6, 6.07) is 58.4. The van der Waals surface area contributed by atoms with Crippen molar-refractivity contribution in [1.82, 2.24) is 0 Å². The van der Waals surface area contributed by atoms with E-state index in [9.17, 15) is 0 Å². The molecule has 0 radical (unpaired) electrons. The maximum Gasteiger partial charge on any atom is 0.0543 e. The van der Waals surface area contributed by atoms with Crippen molar-refractivity contribution in [3.8, 4) is 33.4 Å². The number of benzene rings is 7. The maximum absolute atomic E-state index is 2.69. The van der Waals surface area contributed by atoms with E-state index >= 15 is 0 Å². The van der Waals surface area contributed by atoms with Crippen molar-refractivity contribution < 1.29 is 0 Å². The van der Waals surface area contributed by atoms with Gasteiger partial charge >= 0.3 is 0 Å². The van der Waals surface area contributed by atoms with Crippen LogP contribution in [0, 0.1) is 11.8 Å². The van der Waals surface area contributed by atoms with Crippen molar-refractivity contribution in [2.75, 3.05) is 4.90 Å². The summed E-state index contributed by atoms with van der Waals surface area (Å²) in [7, 11) is 0. The van der Waals surface area contributed by atoms with E-state index in [-0.39, 0.29) is 5.41 Å². The molecule has 3 atom stereocenters. The Balaban J connectivity index is 1.21. The summed E-state index contributed by atoms with van der Waals surface area (Å²) < 4.78 is 0. The Kier molecular flexibility index (Phi) is 8.50. The lowest BCUT2D eigenvalue weighted by Gasteiger charge is -2.36. The molecule has 11 rings (SSSR count). The zero-order valence-corrected chi connectivity index (χ0v) is 33.6. The molecule has 282 valence electrons. The number of rotatable bonds is 7. The molecule has 0 N–H and O–H groups in total. The van der Waals surface area contributed by atoms with Crippen LogP contribution in [0.2, 0.25) is 0 Å². The van der Waals surface area contributed by atoms with Crippen LogP contribution in [0.4, 0.5) is 17.1 Å². The van der Waals surface area contributed by atoms with Gasteiger partial charge in [0.1, 0.15) is 0 Å². The lowest BCUT2D eigenvalue weighted by Crippen LogP contribution is -2.20. The largest absolute Gasteiger partial charge is 0.310 e. The summed E-state index contributed by atoms with van der Waals surface area (Å²) in [6.45, 7) is 4.90. The molecule has 2 bridgehead atoms. The van der Waals surface area contributed by atoms with Crippen molar-refractivity contribution >= 4 is 27.8 Å². The minimum absolute atomic E-state index is 0.200. The molecule has 4 aliphatic carbocycles. The van der Waals surface area contributed by atoms with E-state index in [1.54, 1.807) is 0 Å². The highest BCUT2D eigenvalue weighted by Crippen LogP contribution is 2.58. The Bertz CT molecular complexity index is 2610. The standard InChI is InChI=1S/C56H53N/c1-56(2)51-24-14-13-22-46(51)48-31-32-52(54(55(48)56)47-23-12-11-21-45(47)38-15-5-3-6-16-38)57(44-29-27-40(28-30-44)49-34-37-25-26-43(49)33-37)53-36-42-20-10-9-19-41(42)35-50(53)39-17-7-4-8-18-39/h3,5-6,9-16,19-24,27-32,35-37,39,43,49H,4,7-8,17-18,25-26,33-34H2,1-2H3. The van der Waals surface area contributed by atoms with Crippen molar-refractivity contribution in [1.29, 1.82) is 0 Å². The first kappa shape index (κ1) is 34.8. The molecule has 7 aromatic rings. The molecule has 7 aromatic carbocycles. The van der Waals surface area contributed by atoms with Gasteiger partial charge in [0.05, 0.1) is 11.4 Å². The van der Waals surface area contributed by atoms with Crippen molar-refractivity contribution in [2.45, 2.75) is 88.9 Å². The van der Waals surface area contributed by atoms with E-state index in [2.05, 4.69) is 170 Å². The highest BCUT2D eigenvalue weighted by Gasteiger charge is 2.41. The molecule has 57 heavy (non-hydrogen) atoms. The van der Waals surface area contributed by atoms with Gasteiger partial charge in [-0.05, 0) is 147 Å². The van der Waals surface area contributed by atoms with E-state index in [4.69, 9.17) is 0 Å². The summed E-state index contributed by atoms with van der Waals surface area (Å²) in [6.07, 6.45) is 12.1. The summed E-state index contributed by atoms with van der Waals surface area (Å²) in [5, 5.41) is 2.64. The smallest absolute Gasteiger partial charge is 0.0543 e. The van der Waals surface area contributed by atoms with Crippen LogP contribution in [-0.2, 0) is 5.41 Å². The van der Waals surface area contributed by atoms with Crippen LogP contribution in [0.5, 0.6) is 0 Å². The molecular formula is C56H53N. The van der Waals surface area contributed by atoms with Gasteiger partial charge in [-0.1, -0.05) is 161 Å². The lowest BCUT2D eigenvalue weighted by molar-refractivity contribution is 0.420. The normalized spacial score (nSPS) is 20.8. The monoisotopic (exact) mass is 739 g/mol. The Morgan fingerprint density at radius 1 is 0.526 bits per heavy atom. The molecule has 0 aliphatic heterocycles. The average molecular weight is 740 g/mol. The third kappa shape index (κ3) is 5.80. The molecule has 0 amide bonds. The number of hydrogen-bond donors (Lipinski definition) is 0. The molecule has 0 aromatic heterocycles. The van der Waals surface area contributed by atoms with E-state index in [0.717, 1.165) is 11.8 Å². The topological polar surface area (TPSA) is 3.24 Å². The Hall–Kier alpha value is -5.40. The second-order valence-corrected chi connectivity index (χ2v) is 18.3. The minimum atomic E-state index is -0.200. The predicted molar refractivity (Wildman–Crippen MR) is 241 cm³/mol. The van der Waals surface area contributed by atoms with Gasteiger partial charge in [-0.25, -0.2) is 0 Å². The van der Waals surface area contributed by atoms with E-state index in [1.165, 1.54) is 141 Å². The van der Waals surface area contributed by atoms with Crippen molar-refractivity contribution in [3.05, 3.63) is 174 Å². The Labute approximate surface area is 339 Å². The van der Waals surface area contributed by atoms with E-state index in [1.807, 2.05) is 0 Å². The molecule has 3 fully saturated rings. The summed E-state index contributed by atoms with van der Waals surface area (Å²) in [4.78, 5) is 2.69. The fourth-order valence-corrected chi connectivity index (χ4v) is 12.0. The van der Waals surface area contributed by atoms with Crippen LogP contribution in [0.15, 0.2) is 152 Å².